The van der Waals surface area contributed by atoms with Gasteiger partial charge in [-0.25, -0.2) is 9.67 Å². The largest absolute Gasteiger partial charge is 0.365 e. The van der Waals surface area contributed by atoms with Crippen LogP contribution < -0.4 is 11.1 Å². The summed E-state index contributed by atoms with van der Waals surface area (Å²) in [5.74, 6) is -0.167. The molecule has 27 heavy (non-hydrogen) atoms. The number of anilines is 1. The maximum Gasteiger partial charge on any atom is 0.259 e. The van der Waals surface area contributed by atoms with Gasteiger partial charge in [-0.15, -0.1) is 11.3 Å². The molecule has 1 aliphatic rings. The van der Waals surface area contributed by atoms with E-state index >= 15 is 0 Å². The van der Waals surface area contributed by atoms with Crippen LogP contribution in [-0.2, 0) is 12.8 Å². The Labute approximate surface area is 160 Å². The Balaban J connectivity index is 1.65. The number of aryl methyl sites for hydroxylation is 1. The number of pyridine rings is 1. The molecule has 0 radical (unpaired) electrons. The minimum atomic E-state index is -0.495. The van der Waals surface area contributed by atoms with Gasteiger partial charge in [0.2, 0.25) is 0 Å². The van der Waals surface area contributed by atoms with Crippen molar-refractivity contribution in [1.82, 2.24) is 14.8 Å². The Morgan fingerprint density at radius 1 is 1.26 bits per heavy atom. The van der Waals surface area contributed by atoms with Gasteiger partial charge in [0.1, 0.15) is 5.00 Å². The van der Waals surface area contributed by atoms with Gasteiger partial charge in [-0.3, -0.25) is 9.59 Å². The number of rotatable bonds is 4. The summed E-state index contributed by atoms with van der Waals surface area (Å²) in [4.78, 5) is 30.2. The number of carbonyl (C=O) groups excluding carboxylic acids is 2. The Hall–Kier alpha value is -3.00. The number of hydrogen-bond acceptors (Lipinski definition) is 5. The Morgan fingerprint density at radius 3 is 2.81 bits per heavy atom. The van der Waals surface area contributed by atoms with E-state index in [2.05, 4.69) is 15.4 Å². The van der Waals surface area contributed by atoms with Gasteiger partial charge in [-0.1, -0.05) is 6.07 Å². The molecular formula is C19H19N5O2S. The van der Waals surface area contributed by atoms with E-state index in [1.807, 2.05) is 25.1 Å². The van der Waals surface area contributed by atoms with Crippen LogP contribution in [-0.4, -0.2) is 26.6 Å². The number of carbonyl (C=O) groups is 2. The van der Waals surface area contributed by atoms with Crippen molar-refractivity contribution < 1.29 is 9.59 Å². The highest BCUT2D eigenvalue weighted by Crippen LogP contribution is 2.38. The van der Waals surface area contributed by atoms with E-state index in [4.69, 9.17) is 5.73 Å². The number of nitrogens with zero attached hydrogens (tertiary/aromatic N) is 3. The molecule has 3 N–H and O–H groups in total. The second-order valence-corrected chi connectivity index (χ2v) is 7.58. The van der Waals surface area contributed by atoms with Crippen molar-refractivity contribution in [3.8, 4) is 5.82 Å². The van der Waals surface area contributed by atoms with Crippen LogP contribution in [0.3, 0.4) is 0 Å². The number of amides is 2. The first-order chi connectivity index (χ1) is 13.1. The van der Waals surface area contributed by atoms with Gasteiger partial charge in [0.15, 0.2) is 5.82 Å². The first-order valence-electron chi connectivity index (χ1n) is 8.78. The van der Waals surface area contributed by atoms with Crippen LogP contribution in [0.2, 0.25) is 0 Å². The monoisotopic (exact) mass is 381 g/mol. The van der Waals surface area contributed by atoms with Crippen LogP contribution in [0.5, 0.6) is 0 Å². The Kier molecular flexibility index (Phi) is 4.49. The number of primary amides is 1. The third kappa shape index (κ3) is 3.12. The molecule has 3 heterocycles. The molecule has 0 bridgehead atoms. The van der Waals surface area contributed by atoms with Crippen LogP contribution in [0.25, 0.3) is 5.82 Å². The van der Waals surface area contributed by atoms with E-state index < -0.39 is 5.91 Å². The normalized spacial score (nSPS) is 13.2. The summed E-state index contributed by atoms with van der Waals surface area (Å²) in [6.07, 6.45) is 7.06. The highest BCUT2D eigenvalue weighted by molar-refractivity contribution is 7.17. The maximum absolute atomic E-state index is 12.8. The standard InChI is InChI=1S/C19H19N5O2S/c1-11-13(10-22-24(11)15-8-4-5-9-21-15)18(26)23-19-16(17(20)25)12-6-2-3-7-14(12)27-19/h4-5,8-10H,2-3,6-7H2,1H3,(H2,20,25)(H,23,26). The molecule has 8 heteroatoms. The molecule has 0 aromatic carbocycles. The quantitative estimate of drug-likeness (QED) is 0.725. The van der Waals surface area contributed by atoms with E-state index in [0.29, 0.717) is 27.6 Å². The minimum absolute atomic E-state index is 0.309. The maximum atomic E-state index is 12.8. The molecule has 0 unspecified atom stereocenters. The lowest BCUT2D eigenvalue weighted by Gasteiger charge is -2.11. The van der Waals surface area contributed by atoms with Crippen LogP contribution >= 0.6 is 11.3 Å². The first kappa shape index (κ1) is 17.4. The molecular weight excluding hydrogens is 362 g/mol. The van der Waals surface area contributed by atoms with Crippen LogP contribution in [0.15, 0.2) is 30.6 Å². The fraction of sp³-hybridized carbons (Fsp3) is 0.263. The van der Waals surface area contributed by atoms with Crippen molar-refractivity contribution in [3.63, 3.8) is 0 Å². The molecule has 0 fully saturated rings. The van der Waals surface area contributed by atoms with Crippen molar-refractivity contribution in [2.75, 3.05) is 5.32 Å². The van der Waals surface area contributed by atoms with Crippen molar-refractivity contribution in [1.29, 1.82) is 0 Å². The van der Waals surface area contributed by atoms with Gasteiger partial charge in [-0.2, -0.15) is 5.10 Å². The molecule has 7 nitrogen and oxygen atoms in total. The molecule has 138 valence electrons. The second-order valence-electron chi connectivity index (χ2n) is 6.48. The third-order valence-corrected chi connectivity index (χ3v) is 5.97. The average molecular weight is 381 g/mol. The zero-order valence-electron chi connectivity index (χ0n) is 14.9. The van der Waals surface area contributed by atoms with E-state index in [0.717, 1.165) is 36.1 Å². The van der Waals surface area contributed by atoms with Gasteiger partial charge in [-0.05, 0) is 50.3 Å². The number of aromatic nitrogens is 3. The van der Waals surface area contributed by atoms with Crippen LogP contribution in [0.4, 0.5) is 5.00 Å². The van der Waals surface area contributed by atoms with Gasteiger partial charge in [0, 0.05) is 11.1 Å². The average Bonchev–Trinajstić information content (AvgIpc) is 3.22. The van der Waals surface area contributed by atoms with Gasteiger partial charge in [0.05, 0.1) is 23.0 Å². The number of nitrogens with two attached hydrogens (primary N) is 1. The van der Waals surface area contributed by atoms with E-state index in [-0.39, 0.29) is 5.91 Å². The summed E-state index contributed by atoms with van der Waals surface area (Å²) in [5, 5.41) is 7.68. The SMILES string of the molecule is Cc1c(C(=O)Nc2sc3c(c2C(N)=O)CCCC3)cnn1-c1ccccn1. The van der Waals surface area contributed by atoms with Crippen molar-refractivity contribution in [3.05, 3.63) is 57.9 Å². The van der Waals surface area contributed by atoms with Crippen molar-refractivity contribution >= 4 is 28.2 Å². The Morgan fingerprint density at radius 2 is 2.07 bits per heavy atom. The summed E-state index contributed by atoms with van der Waals surface area (Å²) < 4.78 is 1.61. The number of fused-ring (bicyclic) bond motifs is 1. The molecule has 4 rings (SSSR count). The fourth-order valence-electron chi connectivity index (χ4n) is 3.43. The molecule has 0 saturated carbocycles. The van der Waals surface area contributed by atoms with Crippen molar-refractivity contribution in [2.45, 2.75) is 32.6 Å². The zero-order chi connectivity index (χ0) is 19.0. The number of hydrogen-bond donors (Lipinski definition) is 2. The van der Waals surface area contributed by atoms with Gasteiger partial charge in [0.25, 0.3) is 11.8 Å². The highest BCUT2D eigenvalue weighted by Gasteiger charge is 2.26. The zero-order valence-corrected chi connectivity index (χ0v) is 15.7. The summed E-state index contributed by atoms with van der Waals surface area (Å²) in [6.45, 7) is 1.81. The summed E-state index contributed by atoms with van der Waals surface area (Å²) in [7, 11) is 0. The van der Waals surface area contributed by atoms with E-state index in [9.17, 15) is 9.59 Å². The number of thiophene rings is 1. The fourth-order valence-corrected chi connectivity index (χ4v) is 4.72. The topological polar surface area (TPSA) is 103 Å². The molecule has 3 aromatic rings. The van der Waals surface area contributed by atoms with Gasteiger partial charge >= 0.3 is 0 Å². The number of nitrogens with one attached hydrogen (secondary N) is 1. The Bertz CT molecular complexity index is 1020. The molecule has 0 spiro atoms. The lowest BCUT2D eigenvalue weighted by molar-refractivity contribution is 0.100. The molecule has 1 aliphatic carbocycles. The third-order valence-electron chi connectivity index (χ3n) is 4.77. The first-order valence-corrected chi connectivity index (χ1v) is 9.59. The summed E-state index contributed by atoms with van der Waals surface area (Å²) in [5.41, 5.74) is 8.16. The van der Waals surface area contributed by atoms with Gasteiger partial charge < -0.3 is 11.1 Å². The smallest absolute Gasteiger partial charge is 0.259 e. The molecule has 0 atom stereocenters. The minimum Gasteiger partial charge on any atom is -0.365 e. The van der Waals surface area contributed by atoms with E-state index in [1.165, 1.54) is 17.5 Å². The van der Waals surface area contributed by atoms with Crippen LogP contribution in [0.1, 0.15) is 49.7 Å². The van der Waals surface area contributed by atoms with Crippen molar-refractivity contribution in [2.24, 2.45) is 5.73 Å². The molecule has 0 aliphatic heterocycles. The predicted molar refractivity (Wildman–Crippen MR) is 104 cm³/mol. The second kappa shape index (κ2) is 6.96. The highest BCUT2D eigenvalue weighted by atomic mass is 32.1. The summed E-state index contributed by atoms with van der Waals surface area (Å²) >= 11 is 1.45. The predicted octanol–water partition coefficient (Wildman–Crippen LogP) is 2.87. The van der Waals surface area contributed by atoms with E-state index in [1.54, 1.807) is 10.9 Å². The summed E-state index contributed by atoms with van der Waals surface area (Å²) in [6, 6.07) is 5.50. The molecule has 2 amide bonds. The molecule has 0 saturated heterocycles. The lowest BCUT2D eigenvalue weighted by atomic mass is 9.95. The molecule has 3 aromatic heterocycles. The van der Waals surface area contributed by atoms with Crippen LogP contribution in [0, 0.1) is 6.92 Å². The lowest BCUT2D eigenvalue weighted by Crippen LogP contribution is -2.19.